The third-order valence-electron chi connectivity index (χ3n) is 5.50. The zero-order valence-corrected chi connectivity index (χ0v) is 15.3. The minimum atomic E-state index is -0.547. The van der Waals surface area contributed by atoms with Gasteiger partial charge in [-0.15, -0.1) is 0 Å². The van der Waals surface area contributed by atoms with Crippen LogP contribution in [-0.2, 0) is 21.5 Å². The van der Waals surface area contributed by atoms with Gasteiger partial charge < -0.3 is 10.1 Å². The number of hydrogen-bond donors (Lipinski definition) is 1. The lowest BCUT2D eigenvalue weighted by Gasteiger charge is -2.14. The number of hydrogen-bond acceptors (Lipinski definition) is 5. The Kier molecular flexibility index (Phi) is 3.86. The lowest BCUT2D eigenvalue weighted by atomic mass is 9.99. The maximum absolute atomic E-state index is 13.0. The Hall–Kier alpha value is -2.63. The van der Waals surface area contributed by atoms with E-state index in [1.54, 1.807) is 10.8 Å². The SMILES string of the molecule is COC(=O)[C@@H]1CC2(CC2)c2cnc(NCc3cc(C)cc(C)c3)c(=O)n21. The molecule has 1 aromatic heterocycles. The van der Waals surface area contributed by atoms with Crippen molar-refractivity contribution in [3.63, 3.8) is 0 Å². The smallest absolute Gasteiger partial charge is 0.329 e. The zero-order valence-electron chi connectivity index (χ0n) is 15.3. The summed E-state index contributed by atoms with van der Waals surface area (Å²) in [6.07, 6.45) is 4.38. The van der Waals surface area contributed by atoms with E-state index < -0.39 is 6.04 Å². The normalized spacial score (nSPS) is 19.3. The Labute approximate surface area is 152 Å². The second-order valence-electron chi connectivity index (χ2n) is 7.54. The summed E-state index contributed by atoms with van der Waals surface area (Å²) in [5.74, 6) is -0.0805. The molecule has 2 aromatic rings. The van der Waals surface area contributed by atoms with Gasteiger partial charge in [0.2, 0.25) is 0 Å². The molecule has 0 bridgehead atoms. The predicted octanol–water partition coefficient (Wildman–Crippen LogP) is 2.62. The quantitative estimate of drug-likeness (QED) is 0.856. The molecule has 6 nitrogen and oxygen atoms in total. The van der Waals surface area contributed by atoms with Crippen molar-refractivity contribution in [3.05, 3.63) is 57.1 Å². The van der Waals surface area contributed by atoms with E-state index in [2.05, 4.69) is 42.3 Å². The molecule has 26 heavy (non-hydrogen) atoms. The number of aromatic nitrogens is 2. The van der Waals surface area contributed by atoms with Crippen LogP contribution in [0.1, 0.15) is 47.7 Å². The van der Waals surface area contributed by atoms with Crippen molar-refractivity contribution in [2.45, 2.75) is 51.1 Å². The average molecular weight is 353 g/mol. The Balaban J connectivity index is 1.65. The number of fused-ring (bicyclic) bond motifs is 2. The first-order chi connectivity index (χ1) is 12.4. The molecule has 1 spiro atoms. The number of rotatable bonds is 4. The van der Waals surface area contributed by atoms with E-state index in [0.29, 0.717) is 13.0 Å². The number of ether oxygens (including phenoxy) is 1. The van der Waals surface area contributed by atoms with E-state index in [1.807, 2.05) is 0 Å². The summed E-state index contributed by atoms with van der Waals surface area (Å²) in [4.78, 5) is 29.5. The van der Waals surface area contributed by atoms with Gasteiger partial charge in [0.1, 0.15) is 6.04 Å². The molecule has 1 N–H and O–H groups in total. The van der Waals surface area contributed by atoms with E-state index in [9.17, 15) is 9.59 Å². The standard InChI is InChI=1S/C20H23N3O3/c1-12-6-13(2)8-14(7-12)10-21-17-18(24)23-15(19(25)26-3)9-20(4-5-20)16(23)11-22-17/h6-8,11,15H,4-5,9-10H2,1-3H3,(H,21,22)/t15-/m0/s1. The van der Waals surface area contributed by atoms with Crippen LogP contribution in [0.25, 0.3) is 0 Å². The highest BCUT2D eigenvalue weighted by atomic mass is 16.5. The molecule has 0 saturated heterocycles. The number of carbonyl (C=O) groups is 1. The molecule has 0 unspecified atom stereocenters. The molecule has 0 radical (unpaired) electrons. The van der Waals surface area contributed by atoms with Gasteiger partial charge in [-0.3, -0.25) is 9.36 Å². The largest absolute Gasteiger partial charge is 0.467 e. The summed E-state index contributed by atoms with van der Waals surface area (Å²) in [5, 5.41) is 3.14. The van der Waals surface area contributed by atoms with Crippen molar-refractivity contribution < 1.29 is 9.53 Å². The Morgan fingerprint density at radius 2 is 2.00 bits per heavy atom. The second kappa shape index (κ2) is 5.97. The Morgan fingerprint density at radius 1 is 1.31 bits per heavy atom. The summed E-state index contributed by atoms with van der Waals surface area (Å²) < 4.78 is 6.52. The van der Waals surface area contributed by atoms with Crippen LogP contribution in [0, 0.1) is 13.8 Å². The van der Waals surface area contributed by atoms with E-state index in [-0.39, 0.29) is 22.8 Å². The summed E-state index contributed by atoms with van der Waals surface area (Å²) in [6.45, 7) is 4.61. The molecule has 0 amide bonds. The van der Waals surface area contributed by atoms with E-state index >= 15 is 0 Å². The third-order valence-corrected chi connectivity index (χ3v) is 5.50. The molecular formula is C20H23N3O3. The maximum Gasteiger partial charge on any atom is 0.329 e. The lowest BCUT2D eigenvalue weighted by Crippen LogP contribution is -2.31. The van der Waals surface area contributed by atoms with Crippen LogP contribution in [0.5, 0.6) is 0 Å². The van der Waals surface area contributed by atoms with Crippen LogP contribution in [-0.4, -0.2) is 22.6 Å². The van der Waals surface area contributed by atoms with Crippen molar-refractivity contribution >= 4 is 11.8 Å². The molecule has 4 rings (SSSR count). The first kappa shape index (κ1) is 16.8. The predicted molar refractivity (Wildman–Crippen MR) is 98.3 cm³/mol. The second-order valence-corrected chi connectivity index (χ2v) is 7.54. The van der Waals surface area contributed by atoms with Gasteiger partial charge in [0.15, 0.2) is 5.82 Å². The first-order valence-corrected chi connectivity index (χ1v) is 8.94. The van der Waals surface area contributed by atoms with E-state index in [4.69, 9.17) is 4.74 Å². The Morgan fingerprint density at radius 3 is 2.62 bits per heavy atom. The Bertz CT molecular complexity index is 924. The van der Waals surface area contributed by atoms with Gasteiger partial charge in [-0.05, 0) is 38.7 Å². The number of nitrogens with zero attached hydrogens (tertiary/aromatic N) is 2. The molecule has 1 saturated carbocycles. The van der Waals surface area contributed by atoms with E-state index in [1.165, 1.54) is 18.2 Å². The molecule has 1 atom stereocenters. The topological polar surface area (TPSA) is 73.2 Å². The van der Waals surface area contributed by atoms with Gasteiger partial charge in [-0.2, -0.15) is 0 Å². The highest BCUT2D eigenvalue weighted by Crippen LogP contribution is 2.57. The van der Waals surface area contributed by atoms with Crippen LogP contribution in [0.4, 0.5) is 5.82 Å². The molecular weight excluding hydrogens is 330 g/mol. The summed E-state index contributed by atoms with van der Waals surface area (Å²) in [5.41, 5.74) is 4.03. The number of aryl methyl sites for hydroxylation is 2. The summed E-state index contributed by atoms with van der Waals surface area (Å²) >= 11 is 0. The van der Waals surface area contributed by atoms with Crippen molar-refractivity contribution in [3.8, 4) is 0 Å². The highest BCUT2D eigenvalue weighted by molar-refractivity contribution is 5.75. The highest BCUT2D eigenvalue weighted by Gasteiger charge is 2.55. The summed E-state index contributed by atoms with van der Waals surface area (Å²) in [6, 6.07) is 5.74. The van der Waals surface area contributed by atoms with Crippen molar-refractivity contribution in [1.29, 1.82) is 0 Å². The number of carbonyl (C=O) groups excluding carboxylic acids is 1. The van der Waals surface area contributed by atoms with Gasteiger partial charge in [-0.1, -0.05) is 29.3 Å². The fourth-order valence-electron chi connectivity index (χ4n) is 4.15. The van der Waals surface area contributed by atoms with Gasteiger partial charge in [-0.25, -0.2) is 9.78 Å². The van der Waals surface area contributed by atoms with Gasteiger partial charge in [0, 0.05) is 23.9 Å². The number of esters is 1. The minimum absolute atomic E-state index is 0.0583. The molecule has 1 aliphatic heterocycles. The first-order valence-electron chi connectivity index (χ1n) is 8.94. The van der Waals surface area contributed by atoms with E-state index in [0.717, 1.165) is 24.1 Å². The summed E-state index contributed by atoms with van der Waals surface area (Å²) in [7, 11) is 1.37. The number of anilines is 1. The fourth-order valence-corrected chi connectivity index (χ4v) is 4.15. The molecule has 136 valence electrons. The monoisotopic (exact) mass is 353 g/mol. The molecule has 1 fully saturated rings. The maximum atomic E-state index is 13.0. The third kappa shape index (κ3) is 2.69. The fraction of sp³-hybridized carbons (Fsp3) is 0.450. The van der Waals surface area contributed by atoms with Crippen LogP contribution < -0.4 is 10.9 Å². The lowest BCUT2D eigenvalue weighted by molar-refractivity contribution is -0.144. The zero-order chi connectivity index (χ0) is 18.5. The minimum Gasteiger partial charge on any atom is -0.467 e. The van der Waals surface area contributed by atoms with Gasteiger partial charge >= 0.3 is 5.97 Å². The number of benzene rings is 1. The molecule has 6 heteroatoms. The molecule has 1 aromatic carbocycles. The number of methoxy groups -OCH3 is 1. The molecule has 1 aliphatic carbocycles. The number of nitrogens with one attached hydrogen (secondary N) is 1. The molecule has 2 heterocycles. The van der Waals surface area contributed by atoms with Gasteiger partial charge in [0.05, 0.1) is 7.11 Å². The average Bonchev–Trinajstić information content (AvgIpc) is 3.29. The van der Waals surface area contributed by atoms with Crippen molar-refractivity contribution in [1.82, 2.24) is 9.55 Å². The van der Waals surface area contributed by atoms with Gasteiger partial charge in [0.25, 0.3) is 5.56 Å². The van der Waals surface area contributed by atoms with Crippen LogP contribution in [0.15, 0.2) is 29.2 Å². The van der Waals surface area contributed by atoms with Crippen molar-refractivity contribution in [2.24, 2.45) is 0 Å². The van der Waals surface area contributed by atoms with Crippen LogP contribution in [0.2, 0.25) is 0 Å². The van der Waals surface area contributed by atoms with Crippen LogP contribution >= 0.6 is 0 Å². The molecule has 2 aliphatic rings. The van der Waals surface area contributed by atoms with Crippen molar-refractivity contribution in [2.75, 3.05) is 12.4 Å². The van der Waals surface area contributed by atoms with Crippen LogP contribution in [0.3, 0.4) is 0 Å².